The number of halogens is 1. The third-order valence-corrected chi connectivity index (χ3v) is 1.39. The second-order valence-electron chi connectivity index (χ2n) is 2.25. The molecule has 4 nitrogen and oxygen atoms in total. The smallest absolute Gasteiger partial charge is 0.134 e. The molecule has 0 heterocycles. The fraction of sp³-hybridized carbons (Fsp3) is 0. The lowest BCUT2D eigenvalue weighted by Crippen LogP contribution is -2.23. The fourth-order valence-electron chi connectivity index (χ4n) is 0.762. The van der Waals surface area contributed by atoms with Crippen molar-refractivity contribution in [1.82, 2.24) is 0 Å². The van der Waals surface area contributed by atoms with Crippen molar-refractivity contribution < 1.29 is 14.3 Å². The number of hydrogen-bond acceptors (Lipinski definition) is 4. The number of carbonyl (C=O) groups excluding carboxylic acids is 1. The van der Waals surface area contributed by atoms with Gasteiger partial charge in [0, 0.05) is 5.56 Å². The zero-order valence-corrected chi connectivity index (χ0v) is 6.00. The number of rotatable bonds is 1. The van der Waals surface area contributed by atoms with Crippen molar-refractivity contribution in [3.05, 3.63) is 23.5 Å². The number of nitrogen functional groups attached to an aromatic ring is 2. The molecule has 1 aromatic carbocycles. The van der Waals surface area contributed by atoms with Gasteiger partial charge in [-0.2, -0.15) is 0 Å². The Bertz CT molecular complexity index is 338. The van der Waals surface area contributed by atoms with Crippen LogP contribution in [0, 0.1) is 5.82 Å². The van der Waals surface area contributed by atoms with Crippen LogP contribution in [-0.4, -0.2) is 5.97 Å². The standard InChI is InChI=1S/C7H7FN2O2/c8-4-2-6(10)5(9)1-3(4)7(11)12/h1-2H,9-10H2,(H,11,12)/p-1. The van der Waals surface area contributed by atoms with Crippen LogP contribution in [0.4, 0.5) is 15.8 Å². The molecule has 0 saturated heterocycles. The van der Waals surface area contributed by atoms with E-state index in [0.29, 0.717) is 0 Å². The first-order valence-corrected chi connectivity index (χ1v) is 3.08. The van der Waals surface area contributed by atoms with E-state index >= 15 is 0 Å². The molecule has 0 aliphatic carbocycles. The van der Waals surface area contributed by atoms with Crippen LogP contribution in [0.25, 0.3) is 0 Å². The Morgan fingerprint density at radius 1 is 1.33 bits per heavy atom. The maximum atomic E-state index is 12.7. The van der Waals surface area contributed by atoms with Gasteiger partial charge in [0.25, 0.3) is 0 Å². The van der Waals surface area contributed by atoms with Crippen LogP contribution in [0.5, 0.6) is 0 Å². The summed E-state index contributed by atoms with van der Waals surface area (Å²) >= 11 is 0. The highest BCUT2D eigenvalue weighted by atomic mass is 19.1. The minimum absolute atomic E-state index is 0.0116. The molecular formula is C7H6FN2O2-. The van der Waals surface area contributed by atoms with Gasteiger partial charge in [-0.1, -0.05) is 0 Å². The first-order valence-electron chi connectivity index (χ1n) is 3.08. The number of hydrogen-bond donors (Lipinski definition) is 2. The highest BCUT2D eigenvalue weighted by Gasteiger charge is 2.05. The van der Waals surface area contributed by atoms with Crippen LogP contribution in [0.15, 0.2) is 12.1 Å². The number of aromatic carboxylic acids is 1. The molecule has 1 rings (SSSR count). The Morgan fingerprint density at radius 3 is 2.33 bits per heavy atom. The van der Waals surface area contributed by atoms with Gasteiger partial charge in [-0.15, -0.1) is 0 Å². The number of anilines is 2. The van der Waals surface area contributed by atoms with Gasteiger partial charge in [0.1, 0.15) is 5.82 Å². The molecule has 0 spiro atoms. The highest BCUT2D eigenvalue weighted by Crippen LogP contribution is 2.19. The van der Waals surface area contributed by atoms with Crippen molar-refractivity contribution >= 4 is 17.3 Å². The molecule has 12 heavy (non-hydrogen) atoms. The van der Waals surface area contributed by atoms with Crippen LogP contribution >= 0.6 is 0 Å². The normalized spacial score (nSPS) is 9.75. The Hall–Kier alpha value is -1.78. The summed E-state index contributed by atoms with van der Waals surface area (Å²) in [6.45, 7) is 0. The number of carboxylic acids is 1. The summed E-state index contributed by atoms with van der Waals surface area (Å²) in [4.78, 5) is 10.2. The van der Waals surface area contributed by atoms with Crippen molar-refractivity contribution in [3.63, 3.8) is 0 Å². The molecule has 0 aliphatic rings. The highest BCUT2D eigenvalue weighted by molar-refractivity contribution is 5.88. The molecule has 0 saturated carbocycles. The average molecular weight is 169 g/mol. The van der Waals surface area contributed by atoms with Crippen LogP contribution in [-0.2, 0) is 0 Å². The Morgan fingerprint density at radius 2 is 1.83 bits per heavy atom. The largest absolute Gasteiger partial charge is 0.545 e. The van der Waals surface area contributed by atoms with E-state index in [1.165, 1.54) is 0 Å². The topological polar surface area (TPSA) is 92.2 Å². The average Bonchev–Trinajstić information content (AvgIpc) is 1.96. The van der Waals surface area contributed by atoms with Gasteiger partial charge in [-0.3, -0.25) is 0 Å². The summed E-state index contributed by atoms with van der Waals surface area (Å²) in [6, 6.07) is 1.78. The molecular weight excluding hydrogens is 163 g/mol. The SMILES string of the molecule is Nc1cc(F)c(C(=O)[O-])cc1N. The van der Waals surface area contributed by atoms with Gasteiger partial charge >= 0.3 is 0 Å². The van der Waals surface area contributed by atoms with Gasteiger partial charge < -0.3 is 21.4 Å². The molecule has 0 unspecified atom stereocenters. The Labute approximate surface area is 67.6 Å². The zero-order chi connectivity index (χ0) is 9.30. The molecule has 1 aromatic rings. The molecule has 5 heteroatoms. The molecule has 0 amide bonds. The fourth-order valence-corrected chi connectivity index (χ4v) is 0.762. The molecule has 0 bridgehead atoms. The van der Waals surface area contributed by atoms with Crippen LogP contribution < -0.4 is 16.6 Å². The predicted octanol–water partition coefficient (Wildman–Crippen LogP) is -0.646. The van der Waals surface area contributed by atoms with E-state index in [1.807, 2.05) is 0 Å². The third-order valence-electron chi connectivity index (χ3n) is 1.39. The van der Waals surface area contributed by atoms with Gasteiger partial charge in [-0.25, -0.2) is 4.39 Å². The zero-order valence-electron chi connectivity index (χ0n) is 6.00. The van der Waals surface area contributed by atoms with E-state index in [0.717, 1.165) is 12.1 Å². The quantitative estimate of drug-likeness (QED) is 0.546. The van der Waals surface area contributed by atoms with E-state index < -0.39 is 17.3 Å². The summed E-state index contributed by atoms with van der Waals surface area (Å²) in [5.41, 5.74) is 9.91. The molecule has 0 aliphatic heterocycles. The number of carboxylic acid groups (broad SMARTS) is 1. The van der Waals surface area contributed by atoms with Crippen molar-refractivity contribution in [3.8, 4) is 0 Å². The van der Waals surface area contributed by atoms with E-state index in [2.05, 4.69) is 0 Å². The minimum atomic E-state index is -1.61. The van der Waals surface area contributed by atoms with E-state index in [-0.39, 0.29) is 11.4 Å². The lowest BCUT2D eigenvalue weighted by Gasteiger charge is -2.06. The summed E-state index contributed by atoms with van der Waals surface area (Å²) in [5.74, 6) is -2.55. The van der Waals surface area contributed by atoms with E-state index in [4.69, 9.17) is 11.5 Å². The second kappa shape index (κ2) is 2.69. The molecule has 0 aromatic heterocycles. The molecule has 4 N–H and O–H groups in total. The lowest BCUT2D eigenvalue weighted by molar-refractivity contribution is -0.255. The third kappa shape index (κ3) is 1.29. The van der Waals surface area contributed by atoms with Crippen molar-refractivity contribution in [2.24, 2.45) is 0 Å². The summed E-state index contributed by atoms with van der Waals surface area (Å²) in [5, 5.41) is 10.2. The van der Waals surface area contributed by atoms with Crippen LogP contribution in [0.1, 0.15) is 10.4 Å². The lowest BCUT2D eigenvalue weighted by atomic mass is 10.1. The predicted molar refractivity (Wildman–Crippen MR) is 39.6 cm³/mol. The van der Waals surface area contributed by atoms with Crippen molar-refractivity contribution in [1.29, 1.82) is 0 Å². The first-order chi connectivity index (χ1) is 5.52. The Balaban J connectivity index is 3.33. The second-order valence-corrected chi connectivity index (χ2v) is 2.25. The number of benzene rings is 1. The minimum Gasteiger partial charge on any atom is -0.545 e. The van der Waals surface area contributed by atoms with Gasteiger partial charge in [0.2, 0.25) is 0 Å². The van der Waals surface area contributed by atoms with Crippen molar-refractivity contribution in [2.75, 3.05) is 11.5 Å². The number of nitrogens with two attached hydrogens (primary N) is 2. The summed E-state index contributed by atoms with van der Waals surface area (Å²) in [7, 11) is 0. The molecule has 0 radical (unpaired) electrons. The maximum Gasteiger partial charge on any atom is 0.134 e. The van der Waals surface area contributed by atoms with Crippen LogP contribution in [0.3, 0.4) is 0 Å². The summed E-state index contributed by atoms with van der Waals surface area (Å²) in [6.07, 6.45) is 0. The summed E-state index contributed by atoms with van der Waals surface area (Å²) < 4.78 is 12.7. The van der Waals surface area contributed by atoms with Crippen molar-refractivity contribution in [2.45, 2.75) is 0 Å². The molecule has 0 atom stereocenters. The van der Waals surface area contributed by atoms with Crippen LogP contribution in [0.2, 0.25) is 0 Å². The Kier molecular flexibility index (Phi) is 1.86. The van der Waals surface area contributed by atoms with Gasteiger partial charge in [0.05, 0.1) is 17.3 Å². The van der Waals surface area contributed by atoms with Gasteiger partial charge in [-0.05, 0) is 12.1 Å². The van der Waals surface area contributed by atoms with E-state index in [1.54, 1.807) is 0 Å². The van der Waals surface area contributed by atoms with E-state index in [9.17, 15) is 14.3 Å². The molecule has 64 valence electrons. The van der Waals surface area contributed by atoms with Gasteiger partial charge in [0.15, 0.2) is 0 Å². The molecule has 0 fully saturated rings. The maximum absolute atomic E-state index is 12.7. The first kappa shape index (κ1) is 8.32. The monoisotopic (exact) mass is 169 g/mol. The number of carbonyl (C=O) groups is 1.